The lowest BCUT2D eigenvalue weighted by molar-refractivity contribution is 0.116. The van der Waals surface area contributed by atoms with Gasteiger partial charge in [-0.15, -0.1) is 11.3 Å². The second kappa shape index (κ2) is 10.7. The molecule has 10 nitrogen and oxygen atoms in total. The van der Waals surface area contributed by atoms with Gasteiger partial charge in [0.15, 0.2) is 0 Å². The number of hydrogen-bond acceptors (Lipinski definition) is 11. The highest BCUT2D eigenvalue weighted by Crippen LogP contribution is 2.54. The fourth-order valence-corrected chi connectivity index (χ4v) is 8.34. The van der Waals surface area contributed by atoms with Crippen molar-refractivity contribution in [3.05, 3.63) is 57.9 Å². The number of nitrogens with two attached hydrogens (primary N) is 1. The Bertz CT molecular complexity index is 1660. The zero-order valence-electron chi connectivity index (χ0n) is 23.8. The molecule has 1 fully saturated rings. The van der Waals surface area contributed by atoms with Crippen molar-refractivity contribution < 1.29 is 14.0 Å². The lowest BCUT2D eigenvalue weighted by atomic mass is 9.62. The minimum atomic E-state index is -0.396. The van der Waals surface area contributed by atoms with Crippen LogP contribution in [0.1, 0.15) is 72.7 Å². The molecule has 7 rings (SSSR count). The van der Waals surface area contributed by atoms with Gasteiger partial charge in [-0.25, -0.2) is 0 Å². The summed E-state index contributed by atoms with van der Waals surface area (Å²) < 4.78 is 18.6. The number of likely N-dealkylation sites (tertiary alicyclic amines) is 1. The molecular weight excluding hydrogens is 550 g/mol. The van der Waals surface area contributed by atoms with Crippen LogP contribution in [0.4, 0.5) is 5.00 Å². The molecule has 0 radical (unpaired) electrons. The summed E-state index contributed by atoms with van der Waals surface area (Å²) in [5.41, 5.74) is 9.43. The van der Waals surface area contributed by atoms with Gasteiger partial charge >= 0.3 is 0 Å². The number of aromatic nitrogens is 4. The van der Waals surface area contributed by atoms with Crippen LogP contribution in [0, 0.1) is 11.3 Å². The van der Waals surface area contributed by atoms with E-state index in [9.17, 15) is 5.26 Å². The van der Waals surface area contributed by atoms with Crippen LogP contribution in [0.3, 0.4) is 0 Å². The Kier molecular flexibility index (Phi) is 6.83. The van der Waals surface area contributed by atoms with Crippen LogP contribution >= 0.6 is 11.3 Å². The molecule has 11 heteroatoms. The Morgan fingerprint density at radius 2 is 2.05 bits per heavy atom. The standard InChI is InChI=1S/C31H33N7O3S/c1-18(22-9-6-14-38(22)2)39-24-15-25(40-19-7-5-13-34-17-19)36-30(35-24)27-20-8-3-11-31(28(20)37-41-27)12-4-10-23-26(31)21(16-32)29(33)42-23/h5,7,13,15,17-18,22H,3-4,6,8-12,14,33H2,1-2H3/t18-,22-,31-/m0/s1. The van der Waals surface area contributed by atoms with Crippen molar-refractivity contribution in [3.8, 4) is 35.2 Å². The zero-order valence-corrected chi connectivity index (χ0v) is 24.6. The Morgan fingerprint density at radius 3 is 2.81 bits per heavy atom. The third kappa shape index (κ3) is 4.50. The number of ether oxygens (including phenoxy) is 2. The van der Waals surface area contributed by atoms with E-state index >= 15 is 0 Å². The average molecular weight is 584 g/mol. The van der Waals surface area contributed by atoms with Crippen molar-refractivity contribution in [3.63, 3.8) is 0 Å². The average Bonchev–Trinajstić information content (AvgIpc) is 3.70. The number of nitriles is 1. The second-order valence-electron chi connectivity index (χ2n) is 11.6. The van der Waals surface area contributed by atoms with Gasteiger partial charge in [-0.3, -0.25) is 9.88 Å². The van der Waals surface area contributed by atoms with Crippen molar-refractivity contribution >= 4 is 16.3 Å². The minimum Gasteiger partial charge on any atom is -0.473 e. The maximum atomic E-state index is 10.0. The lowest BCUT2D eigenvalue weighted by Crippen LogP contribution is -2.38. The van der Waals surface area contributed by atoms with Crippen LogP contribution < -0.4 is 15.2 Å². The quantitative estimate of drug-likeness (QED) is 0.303. The van der Waals surface area contributed by atoms with Gasteiger partial charge in [0, 0.05) is 28.1 Å². The van der Waals surface area contributed by atoms with Crippen molar-refractivity contribution in [2.45, 2.75) is 75.9 Å². The number of thiophene rings is 1. The second-order valence-corrected chi connectivity index (χ2v) is 12.7. The predicted molar refractivity (Wildman–Crippen MR) is 158 cm³/mol. The fraction of sp³-hybridized carbons (Fsp3) is 0.452. The summed E-state index contributed by atoms with van der Waals surface area (Å²) in [6, 6.07) is 8.04. The molecular formula is C31H33N7O3S. The predicted octanol–water partition coefficient (Wildman–Crippen LogP) is 5.65. The van der Waals surface area contributed by atoms with Crippen LogP contribution in [-0.4, -0.2) is 50.7 Å². The van der Waals surface area contributed by atoms with Crippen LogP contribution in [0.25, 0.3) is 11.6 Å². The van der Waals surface area contributed by atoms with E-state index in [0.717, 1.165) is 74.7 Å². The lowest BCUT2D eigenvalue weighted by Gasteiger charge is -2.39. The molecule has 0 unspecified atom stereocenters. The summed E-state index contributed by atoms with van der Waals surface area (Å²) in [6.07, 6.45) is 10.9. The van der Waals surface area contributed by atoms with E-state index in [1.807, 2.05) is 12.1 Å². The number of nitrogens with zero attached hydrogens (tertiary/aromatic N) is 6. The van der Waals surface area contributed by atoms with Gasteiger partial charge < -0.3 is 19.7 Å². The summed E-state index contributed by atoms with van der Waals surface area (Å²) in [7, 11) is 2.13. The fourth-order valence-electron chi connectivity index (χ4n) is 7.18. The van der Waals surface area contributed by atoms with E-state index < -0.39 is 5.41 Å². The molecule has 3 aliphatic rings. The highest BCUT2D eigenvalue weighted by molar-refractivity contribution is 7.16. The number of pyridine rings is 1. The van der Waals surface area contributed by atoms with Gasteiger partial charge in [0.2, 0.25) is 23.3 Å². The third-order valence-electron chi connectivity index (χ3n) is 9.04. The molecule has 4 aromatic heterocycles. The Hall–Kier alpha value is -4.01. The molecule has 1 saturated heterocycles. The van der Waals surface area contributed by atoms with Crippen molar-refractivity contribution in [2.24, 2.45) is 0 Å². The molecule has 216 valence electrons. The molecule has 0 saturated carbocycles. The summed E-state index contributed by atoms with van der Waals surface area (Å²) >= 11 is 1.54. The number of hydrogen-bond donors (Lipinski definition) is 1. The summed E-state index contributed by atoms with van der Waals surface area (Å²) in [4.78, 5) is 17.3. The summed E-state index contributed by atoms with van der Waals surface area (Å²) in [6.45, 7) is 3.13. The van der Waals surface area contributed by atoms with Gasteiger partial charge in [-0.05, 0) is 89.6 Å². The number of aryl methyl sites for hydroxylation is 1. The smallest absolute Gasteiger partial charge is 0.226 e. The number of likely N-dealkylation sites (N-methyl/N-ethyl adjacent to an activating group) is 1. The SMILES string of the molecule is C[C@H](Oc1cc(Oc2cccnc2)nc(-c2onc3c2CCC[C@@]32CCCc3sc(N)c(C#N)c32)n1)[C@@H]1CCCN1C. The van der Waals surface area contributed by atoms with Crippen LogP contribution in [-0.2, 0) is 18.3 Å². The highest BCUT2D eigenvalue weighted by Gasteiger charge is 2.48. The maximum absolute atomic E-state index is 10.0. The van der Waals surface area contributed by atoms with E-state index in [4.69, 9.17) is 29.7 Å². The number of nitrogen functional groups attached to an aromatic ring is 1. The van der Waals surface area contributed by atoms with Gasteiger partial charge in [-0.2, -0.15) is 15.2 Å². The topological polar surface area (TPSA) is 136 Å². The molecule has 1 spiro atoms. The van der Waals surface area contributed by atoms with Gasteiger partial charge in [0.1, 0.15) is 22.9 Å². The van der Waals surface area contributed by atoms with E-state index in [1.54, 1.807) is 18.5 Å². The molecule has 3 atom stereocenters. The van der Waals surface area contributed by atoms with Gasteiger partial charge in [0.25, 0.3) is 0 Å². The number of fused-ring (bicyclic) bond motifs is 4. The van der Waals surface area contributed by atoms with Crippen LogP contribution in [0.2, 0.25) is 0 Å². The minimum absolute atomic E-state index is 0.0764. The summed E-state index contributed by atoms with van der Waals surface area (Å²) in [5.74, 6) is 2.20. The van der Waals surface area contributed by atoms with Crippen LogP contribution in [0.15, 0.2) is 35.1 Å². The molecule has 1 aliphatic heterocycles. The first-order valence-corrected chi connectivity index (χ1v) is 15.4. The number of anilines is 1. The first-order valence-electron chi connectivity index (χ1n) is 14.6. The zero-order chi connectivity index (χ0) is 28.8. The Labute approximate surface area is 248 Å². The van der Waals surface area contributed by atoms with Crippen molar-refractivity contribution in [1.29, 1.82) is 5.26 Å². The third-order valence-corrected chi connectivity index (χ3v) is 10.1. The van der Waals surface area contributed by atoms with Gasteiger partial charge in [0.05, 0.1) is 23.5 Å². The highest BCUT2D eigenvalue weighted by atomic mass is 32.1. The molecule has 2 aliphatic carbocycles. The first-order chi connectivity index (χ1) is 20.5. The molecule has 0 amide bonds. The molecule has 0 aromatic carbocycles. The van der Waals surface area contributed by atoms with E-state index in [0.29, 0.717) is 45.7 Å². The van der Waals surface area contributed by atoms with E-state index in [-0.39, 0.29) is 6.10 Å². The Balaban J connectivity index is 1.31. The molecule has 5 heterocycles. The molecule has 4 aromatic rings. The normalized spacial score (nSPS) is 22.4. The number of rotatable bonds is 6. The molecule has 0 bridgehead atoms. The van der Waals surface area contributed by atoms with Crippen LogP contribution in [0.5, 0.6) is 17.5 Å². The Morgan fingerprint density at radius 1 is 1.21 bits per heavy atom. The van der Waals surface area contributed by atoms with Gasteiger partial charge in [-0.1, -0.05) is 5.16 Å². The molecule has 2 N–H and O–H groups in total. The monoisotopic (exact) mass is 583 g/mol. The van der Waals surface area contributed by atoms with E-state index in [2.05, 4.69) is 35.1 Å². The van der Waals surface area contributed by atoms with Crippen molar-refractivity contribution in [2.75, 3.05) is 19.3 Å². The first kappa shape index (κ1) is 26.9. The maximum Gasteiger partial charge on any atom is 0.226 e. The largest absolute Gasteiger partial charge is 0.473 e. The molecule has 42 heavy (non-hydrogen) atoms. The summed E-state index contributed by atoms with van der Waals surface area (Å²) in [5, 5.41) is 15.3. The van der Waals surface area contributed by atoms with Crippen molar-refractivity contribution in [1.82, 2.24) is 25.0 Å². The van der Waals surface area contributed by atoms with E-state index in [1.165, 1.54) is 16.2 Å².